The minimum absolute atomic E-state index is 0. The maximum atomic E-state index is 13.3. The topological polar surface area (TPSA) is 84.2 Å². The Morgan fingerprint density at radius 3 is 2.24 bits per heavy atom. The maximum absolute atomic E-state index is 13.3. The molecule has 1 aromatic rings. The second kappa shape index (κ2) is 9.25. The predicted molar refractivity (Wildman–Crippen MR) is 77.2 cm³/mol. The van der Waals surface area contributed by atoms with Crippen molar-refractivity contribution in [3.05, 3.63) is 35.4 Å². The quantitative estimate of drug-likeness (QED) is 0.683. The van der Waals surface area contributed by atoms with E-state index >= 15 is 0 Å². The molecule has 0 saturated heterocycles. The Morgan fingerprint density at radius 1 is 1.19 bits per heavy atom. The Bertz CT molecular complexity index is 478. The summed E-state index contributed by atoms with van der Waals surface area (Å²) in [4.78, 5) is 22.8. The van der Waals surface area contributed by atoms with Crippen LogP contribution in [0, 0.1) is 11.6 Å². The van der Waals surface area contributed by atoms with Gasteiger partial charge in [-0.3, -0.25) is 9.59 Å². The van der Waals surface area contributed by atoms with Gasteiger partial charge in [-0.15, -0.1) is 12.4 Å². The fourth-order valence-corrected chi connectivity index (χ4v) is 1.55. The molecule has 0 aliphatic carbocycles. The lowest BCUT2D eigenvalue weighted by Crippen LogP contribution is -2.37. The van der Waals surface area contributed by atoms with E-state index in [4.69, 9.17) is 5.73 Å². The van der Waals surface area contributed by atoms with Crippen molar-refractivity contribution in [3.8, 4) is 0 Å². The summed E-state index contributed by atoms with van der Waals surface area (Å²) < 4.78 is 26.6. The molecule has 21 heavy (non-hydrogen) atoms. The molecule has 0 radical (unpaired) electrons. The van der Waals surface area contributed by atoms with Crippen molar-refractivity contribution in [1.82, 2.24) is 10.6 Å². The van der Waals surface area contributed by atoms with Crippen LogP contribution in [0.5, 0.6) is 0 Å². The summed E-state index contributed by atoms with van der Waals surface area (Å²) in [7, 11) is 0. The Balaban J connectivity index is 0.00000400. The standard InChI is InChI=1S/C13H17F2N3O2.ClH/c1-8(16)7-11(19)17-5-6-18-13(20)12-9(14)3-2-4-10(12)15;/h2-4,8H,5-7,16H2,1H3,(H,17,19)(H,18,20);1H. The summed E-state index contributed by atoms with van der Waals surface area (Å²) in [6.45, 7) is 1.92. The summed E-state index contributed by atoms with van der Waals surface area (Å²) in [6.07, 6.45) is 0.176. The molecule has 4 N–H and O–H groups in total. The van der Waals surface area contributed by atoms with E-state index in [1.807, 2.05) is 0 Å². The lowest BCUT2D eigenvalue weighted by molar-refractivity contribution is -0.121. The molecule has 8 heteroatoms. The molecule has 0 saturated carbocycles. The van der Waals surface area contributed by atoms with Crippen LogP contribution < -0.4 is 16.4 Å². The maximum Gasteiger partial charge on any atom is 0.257 e. The fraction of sp³-hybridized carbons (Fsp3) is 0.385. The average Bonchev–Trinajstić information content (AvgIpc) is 2.33. The van der Waals surface area contributed by atoms with E-state index in [1.165, 1.54) is 6.07 Å². The van der Waals surface area contributed by atoms with Crippen LogP contribution in [-0.2, 0) is 4.79 Å². The number of amides is 2. The zero-order valence-corrected chi connectivity index (χ0v) is 12.3. The van der Waals surface area contributed by atoms with Crippen molar-refractivity contribution < 1.29 is 18.4 Å². The number of hydrogen-bond acceptors (Lipinski definition) is 3. The predicted octanol–water partition coefficient (Wildman–Crippen LogP) is 0.970. The molecular formula is C13H18ClF2N3O2. The van der Waals surface area contributed by atoms with Gasteiger partial charge in [-0.1, -0.05) is 6.07 Å². The number of hydrogen-bond donors (Lipinski definition) is 3. The van der Waals surface area contributed by atoms with Crippen molar-refractivity contribution in [2.45, 2.75) is 19.4 Å². The molecule has 1 atom stereocenters. The van der Waals surface area contributed by atoms with Crippen LogP contribution in [0.4, 0.5) is 8.78 Å². The Morgan fingerprint density at radius 2 is 1.71 bits per heavy atom. The summed E-state index contributed by atoms with van der Waals surface area (Å²) >= 11 is 0. The minimum atomic E-state index is -0.927. The van der Waals surface area contributed by atoms with Gasteiger partial charge in [0.25, 0.3) is 5.91 Å². The van der Waals surface area contributed by atoms with E-state index < -0.39 is 23.1 Å². The first kappa shape index (κ1) is 19.3. The SMILES string of the molecule is CC(N)CC(=O)NCCNC(=O)c1c(F)cccc1F.Cl. The first-order valence-electron chi connectivity index (χ1n) is 6.16. The molecule has 1 rings (SSSR count). The molecular weight excluding hydrogens is 304 g/mol. The largest absolute Gasteiger partial charge is 0.354 e. The third-order valence-corrected chi connectivity index (χ3v) is 2.43. The van der Waals surface area contributed by atoms with Gasteiger partial charge in [-0.25, -0.2) is 8.78 Å². The molecule has 118 valence electrons. The first-order chi connectivity index (χ1) is 9.41. The zero-order valence-electron chi connectivity index (χ0n) is 11.5. The van der Waals surface area contributed by atoms with Crippen LogP contribution in [0.15, 0.2) is 18.2 Å². The van der Waals surface area contributed by atoms with Gasteiger partial charge in [-0.05, 0) is 19.1 Å². The number of halogens is 3. The Kier molecular flexibility index (Phi) is 8.49. The molecule has 5 nitrogen and oxygen atoms in total. The molecule has 0 bridgehead atoms. The lowest BCUT2D eigenvalue weighted by Gasteiger charge is -2.09. The number of nitrogens with one attached hydrogen (secondary N) is 2. The lowest BCUT2D eigenvalue weighted by atomic mass is 10.2. The highest BCUT2D eigenvalue weighted by molar-refractivity contribution is 5.94. The first-order valence-corrected chi connectivity index (χ1v) is 6.16. The monoisotopic (exact) mass is 321 g/mol. The van der Waals surface area contributed by atoms with E-state index in [9.17, 15) is 18.4 Å². The number of carbonyl (C=O) groups excluding carboxylic acids is 2. The molecule has 1 aromatic carbocycles. The molecule has 0 aromatic heterocycles. The van der Waals surface area contributed by atoms with E-state index in [-0.39, 0.29) is 43.9 Å². The van der Waals surface area contributed by atoms with Crippen LogP contribution in [0.25, 0.3) is 0 Å². The van der Waals surface area contributed by atoms with Crippen molar-refractivity contribution in [3.63, 3.8) is 0 Å². The van der Waals surface area contributed by atoms with Gasteiger partial charge in [-0.2, -0.15) is 0 Å². The van der Waals surface area contributed by atoms with Gasteiger partial charge >= 0.3 is 0 Å². The van der Waals surface area contributed by atoms with Crippen LogP contribution in [-0.4, -0.2) is 30.9 Å². The summed E-state index contributed by atoms with van der Waals surface area (Å²) in [5.74, 6) is -2.96. The van der Waals surface area contributed by atoms with Crippen LogP contribution >= 0.6 is 12.4 Å². The van der Waals surface area contributed by atoms with Crippen molar-refractivity contribution in [2.24, 2.45) is 5.73 Å². The van der Waals surface area contributed by atoms with Gasteiger partial charge in [0, 0.05) is 25.6 Å². The molecule has 0 aliphatic heterocycles. The van der Waals surface area contributed by atoms with Crippen molar-refractivity contribution in [1.29, 1.82) is 0 Å². The smallest absolute Gasteiger partial charge is 0.257 e. The second-order valence-corrected chi connectivity index (χ2v) is 4.38. The normalized spacial score (nSPS) is 11.2. The molecule has 2 amide bonds. The number of nitrogens with two attached hydrogens (primary N) is 1. The highest BCUT2D eigenvalue weighted by atomic mass is 35.5. The highest BCUT2D eigenvalue weighted by Gasteiger charge is 2.16. The van der Waals surface area contributed by atoms with E-state index in [2.05, 4.69) is 10.6 Å². The van der Waals surface area contributed by atoms with Gasteiger partial charge in [0.15, 0.2) is 0 Å². The molecule has 1 unspecified atom stereocenters. The molecule has 0 fully saturated rings. The van der Waals surface area contributed by atoms with Gasteiger partial charge in [0.1, 0.15) is 17.2 Å². The Labute approximate surface area is 127 Å². The van der Waals surface area contributed by atoms with Gasteiger partial charge in [0.2, 0.25) is 5.91 Å². The van der Waals surface area contributed by atoms with Crippen LogP contribution in [0.3, 0.4) is 0 Å². The minimum Gasteiger partial charge on any atom is -0.354 e. The Hall–Kier alpha value is -1.73. The van der Waals surface area contributed by atoms with E-state index in [0.717, 1.165) is 12.1 Å². The second-order valence-electron chi connectivity index (χ2n) is 4.38. The number of carbonyl (C=O) groups is 2. The molecule has 0 aliphatic rings. The van der Waals surface area contributed by atoms with Gasteiger partial charge < -0.3 is 16.4 Å². The van der Waals surface area contributed by atoms with E-state index in [0.29, 0.717) is 0 Å². The van der Waals surface area contributed by atoms with E-state index in [1.54, 1.807) is 6.92 Å². The molecule has 0 heterocycles. The summed E-state index contributed by atoms with van der Waals surface area (Å²) in [5.41, 5.74) is 4.81. The summed E-state index contributed by atoms with van der Waals surface area (Å²) in [6, 6.07) is 2.93. The van der Waals surface area contributed by atoms with Crippen molar-refractivity contribution >= 4 is 24.2 Å². The van der Waals surface area contributed by atoms with Gasteiger partial charge in [0.05, 0.1) is 0 Å². The van der Waals surface area contributed by atoms with Crippen LogP contribution in [0.2, 0.25) is 0 Å². The van der Waals surface area contributed by atoms with Crippen LogP contribution in [0.1, 0.15) is 23.7 Å². The highest BCUT2D eigenvalue weighted by Crippen LogP contribution is 2.11. The third-order valence-electron chi connectivity index (χ3n) is 2.43. The number of benzene rings is 1. The average molecular weight is 322 g/mol. The molecule has 0 spiro atoms. The third kappa shape index (κ3) is 6.50. The zero-order chi connectivity index (χ0) is 15.1. The summed E-state index contributed by atoms with van der Waals surface area (Å²) in [5, 5.41) is 4.85. The number of rotatable bonds is 6. The van der Waals surface area contributed by atoms with Crippen molar-refractivity contribution in [2.75, 3.05) is 13.1 Å². The fourth-order valence-electron chi connectivity index (χ4n) is 1.55.